The van der Waals surface area contributed by atoms with Crippen LogP contribution in [0.25, 0.3) is 0 Å². The van der Waals surface area contributed by atoms with Crippen molar-refractivity contribution >= 4 is 11.8 Å². The van der Waals surface area contributed by atoms with Crippen molar-refractivity contribution < 1.29 is 18.7 Å². The van der Waals surface area contributed by atoms with Crippen molar-refractivity contribution in [3.63, 3.8) is 0 Å². The summed E-state index contributed by atoms with van der Waals surface area (Å²) in [4.78, 5) is 23.8. The topological polar surface area (TPSA) is 55.4 Å². The number of carbonyl (C=O) groups is 2. The fourth-order valence-corrected chi connectivity index (χ4v) is 3.19. The van der Waals surface area contributed by atoms with E-state index in [0.29, 0.717) is 19.6 Å². The van der Waals surface area contributed by atoms with E-state index in [0.717, 1.165) is 12.0 Å². The Morgan fingerprint density at radius 2 is 1.95 bits per heavy atom. The summed E-state index contributed by atoms with van der Waals surface area (Å²) in [7, 11) is 0. The van der Waals surface area contributed by atoms with E-state index in [2.05, 4.69) is 5.32 Å². The van der Waals surface area contributed by atoms with Crippen molar-refractivity contribution in [2.75, 3.05) is 13.2 Å². The Kier molecular flexibility index (Phi) is 3.53. The molecule has 1 aromatic rings. The molecule has 2 fully saturated rings. The van der Waals surface area contributed by atoms with Gasteiger partial charge >= 0.3 is 0 Å². The van der Waals surface area contributed by atoms with Crippen molar-refractivity contribution in [1.82, 2.24) is 5.32 Å². The number of hydrogen-bond donors (Lipinski definition) is 1. The van der Waals surface area contributed by atoms with Crippen molar-refractivity contribution in [2.45, 2.75) is 18.8 Å². The lowest BCUT2D eigenvalue weighted by Crippen LogP contribution is -2.46. The quantitative estimate of drug-likeness (QED) is 0.836. The van der Waals surface area contributed by atoms with Crippen LogP contribution in [0.3, 0.4) is 0 Å². The molecule has 0 saturated carbocycles. The summed E-state index contributed by atoms with van der Waals surface area (Å²) in [6.07, 6.45) is 1.19. The minimum absolute atomic E-state index is 0.0655. The van der Waals surface area contributed by atoms with Crippen molar-refractivity contribution in [3.05, 3.63) is 35.6 Å². The number of ether oxygens (including phenoxy) is 1. The number of rotatable bonds is 2. The zero-order valence-electron chi connectivity index (χ0n) is 11.0. The first-order valence-electron chi connectivity index (χ1n) is 6.82. The molecule has 3 atom stereocenters. The standard InChI is InChI=1S/C15H16FNO3/c16-11-3-1-9(2-4-11)14-12(10-5-6-20-8-10)7-13(18)17-15(14)19/h1-4,10,12,14H,5-8H2,(H,17,18,19). The molecule has 106 valence electrons. The molecule has 2 heterocycles. The van der Waals surface area contributed by atoms with E-state index in [-0.39, 0.29) is 29.5 Å². The van der Waals surface area contributed by atoms with Crippen molar-refractivity contribution in [2.24, 2.45) is 11.8 Å². The summed E-state index contributed by atoms with van der Waals surface area (Å²) in [6.45, 7) is 1.26. The molecule has 2 amide bonds. The normalized spacial score (nSPS) is 30.4. The molecule has 0 bridgehead atoms. The van der Waals surface area contributed by atoms with Crippen LogP contribution >= 0.6 is 0 Å². The third-order valence-corrected chi connectivity index (χ3v) is 4.19. The van der Waals surface area contributed by atoms with Gasteiger partial charge in [-0.15, -0.1) is 0 Å². The molecule has 3 rings (SSSR count). The van der Waals surface area contributed by atoms with E-state index >= 15 is 0 Å². The van der Waals surface area contributed by atoms with Gasteiger partial charge in [-0.05, 0) is 36.0 Å². The second-order valence-electron chi connectivity index (χ2n) is 5.43. The van der Waals surface area contributed by atoms with Gasteiger partial charge in [-0.3, -0.25) is 14.9 Å². The van der Waals surface area contributed by atoms with E-state index < -0.39 is 5.92 Å². The Bertz CT molecular complexity index is 522. The second-order valence-corrected chi connectivity index (χ2v) is 5.43. The first-order chi connectivity index (χ1) is 9.65. The number of nitrogens with one attached hydrogen (secondary N) is 1. The molecule has 1 N–H and O–H groups in total. The van der Waals surface area contributed by atoms with E-state index in [4.69, 9.17) is 4.74 Å². The molecular formula is C15H16FNO3. The van der Waals surface area contributed by atoms with E-state index in [1.54, 1.807) is 12.1 Å². The number of imide groups is 1. The molecular weight excluding hydrogens is 261 g/mol. The molecule has 0 spiro atoms. The highest BCUT2D eigenvalue weighted by Gasteiger charge is 2.42. The Morgan fingerprint density at radius 3 is 2.60 bits per heavy atom. The smallest absolute Gasteiger partial charge is 0.234 e. The molecule has 3 unspecified atom stereocenters. The van der Waals surface area contributed by atoms with Gasteiger partial charge in [0, 0.05) is 19.6 Å². The SMILES string of the molecule is O=C1CC(C2CCOC2)C(c2ccc(F)cc2)C(=O)N1. The molecule has 5 heteroatoms. The van der Waals surface area contributed by atoms with E-state index in [9.17, 15) is 14.0 Å². The lowest BCUT2D eigenvalue weighted by Gasteiger charge is -2.33. The lowest BCUT2D eigenvalue weighted by molar-refractivity contribution is -0.137. The number of benzene rings is 1. The van der Waals surface area contributed by atoms with Crippen LogP contribution in [0.1, 0.15) is 24.3 Å². The van der Waals surface area contributed by atoms with E-state index in [1.165, 1.54) is 12.1 Å². The number of amides is 2. The van der Waals surface area contributed by atoms with Gasteiger partial charge in [0.25, 0.3) is 0 Å². The molecule has 1 aromatic carbocycles. The van der Waals surface area contributed by atoms with Crippen LogP contribution in [-0.4, -0.2) is 25.0 Å². The third kappa shape index (κ3) is 2.45. The number of piperidine rings is 1. The average Bonchev–Trinajstić information content (AvgIpc) is 2.93. The van der Waals surface area contributed by atoms with Crippen LogP contribution in [0.2, 0.25) is 0 Å². The average molecular weight is 277 g/mol. The van der Waals surface area contributed by atoms with Crippen LogP contribution < -0.4 is 5.32 Å². The Labute approximate surface area is 116 Å². The highest BCUT2D eigenvalue weighted by Crippen LogP contribution is 2.39. The number of carbonyl (C=O) groups excluding carboxylic acids is 2. The maximum absolute atomic E-state index is 13.0. The summed E-state index contributed by atoms with van der Waals surface area (Å²) in [5, 5.41) is 2.38. The van der Waals surface area contributed by atoms with Gasteiger partial charge < -0.3 is 4.74 Å². The summed E-state index contributed by atoms with van der Waals surface area (Å²) in [6, 6.07) is 5.94. The predicted molar refractivity (Wildman–Crippen MR) is 69.3 cm³/mol. The van der Waals surface area contributed by atoms with Crippen molar-refractivity contribution in [1.29, 1.82) is 0 Å². The minimum Gasteiger partial charge on any atom is -0.381 e. The van der Waals surface area contributed by atoms with Crippen LogP contribution in [0.5, 0.6) is 0 Å². The molecule has 0 radical (unpaired) electrons. The van der Waals surface area contributed by atoms with Gasteiger partial charge in [0.05, 0.1) is 5.92 Å². The Hall–Kier alpha value is -1.75. The molecule has 20 heavy (non-hydrogen) atoms. The molecule has 0 aliphatic carbocycles. The number of halogens is 1. The Morgan fingerprint density at radius 1 is 1.20 bits per heavy atom. The van der Waals surface area contributed by atoms with Crippen LogP contribution in [0, 0.1) is 17.7 Å². The fourth-order valence-electron chi connectivity index (χ4n) is 3.19. The largest absolute Gasteiger partial charge is 0.381 e. The molecule has 2 aliphatic heterocycles. The summed E-state index contributed by atoms with van der Waals surface area (Å²) in [5.41, 5.74) is 0.758. The number of hydrogen-bond acceptors (Lipinski definition) is 3. The summed E-state index contributed by atoms with van der Waals surface area (Å²) >= 11 is 0. The van der Waals surface area contributed by atoms with Crippen molar-refractivity contribution in [3.8, 4) is 0 Å². The minimum atomic E-state index is -0.403. The van der Waals surface area contributed by atoms with E-state index in [1.807, 2.05) is 0 Å². The van der Waals surface area contributed by atoms with Gasteiger partial charge in [0.15, 0.2) is 0 Å². The summed E-state index contributed by atoms with van der Waals surface area (Å²) in [5.74, 6) is -1.11. The van der Waals surface area contributed by atoms with Gasteiger partial charge in [0.1, 0.15) is 5.82 Å². The van der Waals surface area contributed by atoms with Crippen LogP contribution in [0.4, 0.5) is 4.39 Å². The van der Waals surface area contributed by atoms with Gasteiger partial charge in [-0.1, -0.05) is 12.1 Å². The maximum atomic E-state index is 13.0. The third-order valence-electron chi connectivity index (χ3n) is 4.19. The van der Waals surface area contributed by atoms with Crippen LogP contribution in [0.15, 0.2) is 24.3 Å². The first-order valence-corrected chi connectivity index (χ1v) is 6.82. The fraction of sp³-hybridized carbons (Fsp3) is 0.467. The maximum Gasteiger partial charge on any atom is 0.234 e. The van der Waals surface area contributed by atoms with Gasteiger partial charge in [0.2, 0.25) is 11.8 Å². The van der Waals surface area contributed by atoms with Gasteiger partial charge in [-0.25, -0.2) is 4.39 Å². The Balaban J connectivity index is 1.92. The van der Waals surface area contributed by atoms with Gasteiger partial charge in [-0.2, -0.15) is 0 Å². The zero-order valence-corrected chi connectivity index (χ0v) is 11.0. The second kappa shape index (κ2) is 5.32. The highest BCUT2D eigenvalue weighted by atomic mass is 19.1. The summed E-state index contributed by atoms with van der Waals surface area (Å²) < 4.78 is 18.4. The lowest BCUT2D eigenvalue weighted by atomic mass is 9.73. The zero-order chi connectivity index (χ0) is 14.1. The molecule has 2 saturated heterocycles. The van der Waals surface area contributed by atoms with Crippen LogP contribution in [-0.2, 0) is 14.3 Å². The highest BCUT2D eigenvalue weighted by molar-refractivity contribution is 6.01. The molecule has 4 nitrogen and oxygen atoms in total. The first kappa shape index (κ1) is 13.2. The molecule has 0 aromatic heterocycles. The molecule has 2 aliphatic rings. The predicted octanol–water partition coefficient (Wildman–Crippen LogP) is 1.61. The monoisotopic (exact) mass is 277 g/mol.